The van der Waals surface area contributed by atoms with Crippen LogP contribution in [-0.2, 0) is 0 Å². The molecule has 5 heteroatoms. The largest absolute Gasteiger partial charge is 0.495 e. The molecule has 1 N–H and O–H groups in total. The molecular formula is C16H27BrN2O2. The van der Waals surface area contributed by atoms with Crippen molar-refractivity contribution in [2.45, 2.75) is 32.4 Å². The predicted octanol–water partition coefficient (Wildman–Crippen LogP) is 3.46. The van der Waals surface area contributed by atoms with Crippen LogP contribution < -0.4 is 14.8 Å². The highest BCUT2D eigenvalue weighted by molar-refractivity contribution is 9.10. The summed E-state index contributed by atoms with van der Waals surface area (Å²) in [5.74, 6) is 1.59. The maximum atomic E-state index is 5.64. The molecule has 1 aromatic carbocycles. The van der Waals surface area contributed by atoms with E-state index < -0.39 is 0 Å². The van der Waals surface area contributed by atoms with Gasteiger partial charge < -0.3 is 19.7 Å². The predicted molar refractivity (Wildman–Crippen MR) is 91.4 cm³/mol. The van der Waals surface area contributed by atoms with Gasteiger partial charge in [0.15, 0.2) is 0 Å². The Balaban J connectivity index is 3.42. The van der Waals surface area contributed by atoms with Gasteiger partial charge in [-0.1, -0.05) is 6.92 Å². The van der Waals surface area contributed by atoms with Crippen molar-refractivity contribution in [1.29, 1.82) is 0 Å². The Morgan fingerprint density at radius 3 is 2.29 bits per heavy atom. The molecule has 120 valence electrons. The number of benzene rings is 1. The van der Waals surface area contributed by atoms with Crippen LogP contribution in [-0.4, -0.2) is 45.3 Å². The van der Waals surface area contributed by atoms with Crippen LogP contribution >= 0.6 is 15.9 Å². The average Bonchev–Trinajstić information content (AvgIpc) is 2.44. The summed E-state index contributed by atoms with van der Waals surface area (Å²) in [7, 11) is 7.53. The van der Waals surface area contributed by atoms with Crippen LogP contribution in [0.15, 0.2) is 16.6 Å². The summed E-state index contributed by atoms with van der Waals surface area (Å²) in [5, 5.41) is 3.58. The fourth-order valence-corrected chi connectivity index (χ4v) is 3.03. The fourth-order valence-electron chi connectivity index (χ4n) is 2.35. The van der Waals surface area contributed by atoms with Gasteiger partial charge in [-0.05, 0) is 62.6 Å². The van der Waals surface area contributed by atoms with E-state index in [1.807, 2.05) is 6.07 Å². The minimum absolute atomic E-state index is 0.0721. The normalized spacial score (nSPS) is 13.4. The molecule has 0 amide bonds. The molecule has 0 heterocycles. The van der Waals surface area contributed by atoms with E-state index in [9.17, 15) is 0 Å². The van der Waals surface area contributed by atoms with Crippen LogP contribution in [0.25, 0.3) is 0 Å². The molecule has 1 rings (SSSR count). The zero-order valence-corrected chi connectivity index (χ0v) is 15.7. The number of hydrogen-bond acceptors (Lipinski definition) is 4. The maximum Gasteiger partial charge on any atom is 0.141 e. The van der Waals surface area contributed by atoms with E-state index in [-0.39, 0.29) is 11.6 Å². The topological polar surface area (TPSA) is 33.7 Å². The summed E-state index contributed by atoms with van der Waals surface area (Å²) >= 11 is 3.58. The van der Waals surface area contributed by atoms with Crippen molar-refractivity contribution in [3.63, 3.8) is 0 Å². The highest BCUT2D eigenvalue weighted by Crippen LogP contribution is 2.43. The van der Waals surface area contributed by atoms with Gasteiger partial charge in [0.25, 0.3) is 0 Å². The molecule has 1 aromatic rings. The Bertz CT molecular complexity index is 476. The second-order valence-corrected chi connectivity index (χ2v) is 6.54. The van der Waals surface area contributed by atoms with Gasteiger partial charge in [-0.2, -0.15) is 0 Å². The number of rotatable bonds is 7. The van der Waals surface area contributed by atoms with Crippen LogP contribution in [0.1, 0.15) is 32.4 Å². The summed E-state index contributed by atoms with van der Waals surface area (Å²) in [6.45, 7) is 7.44. The molecule has 0 saturated heterocycles. The summed E-state index contributed by atoms with van der Waals surface area (Å²) < 4.78 is 11.8. The Hall–Kier alpha value is -0.780. The lowest BCUT2D eigenvalue weighted by Gasteiger charge is -2.41. The Labute approximate surface area is 136 Å². The number of ether oxygens (including phenoxy) is 2. The van der Waals surface area contributed by atoms with Crippen molar-refractivity contribution in [1.82, 2.24) is 10.2 Å². The number of halogens is 1. The lowest BCUT2D eigenvalue weighted by molar-refractivity contribution is 0.137. The van der Waals surface area contributed by atoms with E-state index in [1.54, 1.807) is 14.2 Å². The van der Waals surface area contributed by atoms with Crippen molar-refractivity contribution < 1.29 is 9.47 Å². The van der Waals surface area contributed by atoms with Crippen LogP contribution in [0.2, 0.25) is 0 Å². The second kappa shape index (κ2) is 7.47. The average molecular weight is 359 g/mol. The molecule has 0 aliphatic rings. The molecule has 0 saturated carbocycles. The molecule has 1 atom stereocenters. The van der Waals surface area contributed by atoms with E-state index >= 15 is 0 Å². The van der Waals surface area contributed by atoms with Gasteiger partial charge in [-0.15, -0.1) is 0 Å². The summed E-state index contributed by atoms with van der Waals surface area (Å²) in [6, 6.07) is 4.17. The smallest absolute Gasteiger partial charge is 0.141 e. The summed E-state index contributed by atoms with van der Waals surface area (Å²) in [6.07, 6.45) is 0. The number of hydrogen-bond donors (Lipinski definition) is 1. The van der Waals surface area contributed by atoms with Gasteiger partial charge in [0.05, 0.1) is 20.3 Å². The first-order valence-electron chi connectivity index (χ1n) is 7.12. The summed E-state index contributed by atoms with van der Waals surface area (Å²) in [4.78, 5) is 2.22. The lowest BCUT2D eigenvalue weighted by atomic mass is 9.86. The highest BCUT2D eigenvalue weighted by Gasteiger charge is 2.35. The zero-order chi connectivity index (χ0) is 16.2. The van der Waals surface area contributed by atoms with E-state index in [0.717, 1.165) is 28.1 Å². The van der Waals surface area contributed by atoms with E-state index in [0.29, 0.717) is 0 Å². The second-order valence-electron chi connectivity index (χ2n) is 5.74. The molecule has 0 aliphatic heterocycles. The third kappa shape index (κ3) is 3.71. The standard InChI is InChI=1S/C16H27BrN2O2/c1-8-18-15(16(2,3)19(4)5)11-9-10-12(20-6)13(17)14(11)21-7/h9-10,15,18H,8H2,1-7H3. The molecule has 0 aromatic heterocycles. The van der Waals surface area contributed by atoms with Crippen LogP contribution in [0.5, 0.6) is 11.5 Å². The lowest BCUT2D eigenvalue weighted by Crippen LogP contribution is -2.49. The number of nitrogens with one attached hydrogen (secondary N) is 1. The first-order chi connectivity index (χ1) is 9.81. The highest BCUT2D eigenvalue weighted by atomic mass is 79.9. The van der Waals surface area contributed by atoms with Crippen molar-refractivity contribution >= 4 is 15.9 Å². The Kier molecular flexibility index (Phi) is 6.50. The minimum atomic E-state index is -0.0721. The molecule has 0 aliphatic carbocycles. The third-order valence-corrected chi connectivity index (χ3v) is 4.85. The van der Waals surface area contributed by atoms with Gasteiger partial charge in [0.2, 0.25) is 0 Å². The van der Waals surface area contributed by atoms with Gasteiger partial charge in [0.1, 0.15) is 16.0 Å². The quantitative estimate of drug-likeness (QED) is 0.809. The van der Waals surface area contributed by atoms with Crippen LogP contribution in [0.3, 0.4) is 0 Å². The van der Waals surface area contributed by atoms with E-state index in [4.69, 9.17) is 9.47 Å². The van der Waals surface area contributed by atoms with Gasteiger partial charge >= 0.3 is 0 Å². The minimum Gasteiger partial charge on any atom is -0.495 e. The van der Waals surface area contributed by atoms with Crippen molar-refractivity contribution in [3.05, 3.63) is 22.2 Å². The molecule has 0 bridgehead atoms. The molecule has 1 unspecified atom stereocenters. The molecule has 0 spiro atoms. The molecule has 0 radical (unpaired) electrons. The van der Waals surface area contributed by atoms with Gasteiger partial charge in [-0.3, -0.25) is 0 Å². The zero-order valence-electron chi connectivity index (χ0n) is 14.1. The third-order valence-electron chi connectivity index (χ3n) is 4.09. The Morgan fingerprint density at radius 1 is 1.24 bits per heavy atom. The van der Waals surface area contributed by atoms with E-state index in [2.05, 4.69) is 67.1 Å². The molecular weight excluding hydrogens is 332 g/mol. The maximum absolute atomic E-state index is 5.64. The molecule has 21 heavy (non-hydrogen) atoms. The first kappa shape index (κ1) is 18.3. The first-order valence-corrected chi connectivity index (χ1v) is 7.91. The molecule has 0 fully saturated rings. The SMILES string of the molecule is CCNC(c1ccc(OC)c(Br)c1OC)C(C)(C)N(C)C. The van der Waals surface area contributed by atoms with Gasteiger partial charge in [0, 0.05) is 11.1 Å². The Morgan fingerprint density at radius 2 is 1.86 bits per heavy atom. The number of likely N-dealkylation sites (N-methyl/N-ethyl adjacent to an activating group) is 2. The van der Waals surface area contributed by atoms with Crippen LogP contribution in [0.4, 0.5) is 0 Å². The van der Waals surface area contributed by atoms with Crippen molar-refractivity contribution in [3.8, 4) is 11.5 Å². The fraction of sp³-hybridized carbons (Fsp3) is 0.625. The number of nitrogens with zero attached hydrogens (tertiary/aromatic N) is 1. The number of methoxy groups -OCH3 is 2. The van der Waals surface area contributed by atoms with Crippen LogP contribution in [0, 0.1) is 0 Å². The van der Waals surface area contributed by atoms with Crippen molar-refractivity contribution in [2.75, 3.05) is 34.9 Å². The molecule has 4 nitrogen and oxygen atoms in total. The van der Waals surface area contributed by atoms with E-state index in [1.165, 1.54) is 0 Å². The monoisotopic (exact) mass is 358 g/mol. The van der Waals surface area contributed by atoms with Crippen molar-refractivity contribution in [2.24, 2.45) is 0 Å². The van der Waals surface area contributed by atoms with Gasteiger partial charge in [-0.25, -0.2) is 0 Å². The summed E-state index contributed by atoms with van der Waals surface area (Å²) in [5.41, 5.74) is 1.04.